The minimum Gasteiger partial charge on any atom is -0.486 e. The van der Waals surface area contributed by atoms with Gasteiger partial charge in [-0.05, 0) is 118 Å². The molecule has 0 saturated heterocycles. The molecule has 0 amide bonds. The molecule has 14 aromatic rings. The van der Waals surface area contributed by atoms with E-state index in [0.717, 1.165) is 133 Å². The van der Waals surface area contributed by atoms with Gasteiger partial charge in [-0.25, -0.2) is 9.97 Å². The molecule has 6 aromatic carbocycles. The number of aliphatic hydroxyl groups is 2. The molecular formula is C89H96F3Ir2N6O7SSi2-3. The molecule has 8 heterocycles. The van der Waals surface area contributed by atoms with Gasteiger partial charge < -0.3 is 34.0 Å². The van der Waals surface area contributed by atoms with Gasteiger partial charge in [0.25, 0.3) is 0 Å². The van der Waals surface area contributed by atoms with Gasteiger partial charge in [-0.2, -0.15) is 21.6 Å². The number of rotatable bonds is 14. The molecule has 8 aromatic heterocycles. The first-order chi connectivity index (χ1) is 52.0. The molecule has 14 rings (SSSR count). The summed E-state index contributed by atoms with van der Waals surface area (Å²) in [6, 6.07) is 76.4. The van der Waals surface area contributed by atoms with Crippen LogP contribution in [0.1, 0.15) is 92.2 Å². The van der Waals surface area contributed by atoms with Crippen LogP contribution < -0.4 is 10.4 Å². The maximum Gasteiger partial charge on any atom is 0.522 e. The van der Waals surface area contributed by atoms with E-state index >= 15 is 0 Å². The zero-order valence-electron chi connectivity index (χ0n) is 66.8. The van der Waals surface area contributed by atoms with E-state index < -0.39 is 43.6 Å². The van der Waals surface area contributed by atoms with Crippen LogP contribution in [0.25, 0.3) is 112 Å². The fraction of sp³-hybridized carbons (Fsp3) is 0.258. The predicted octanol–water partition coefficient (Wildman–Crippen LogP) is 21.7. The van der Waals surface area contributed by atoms with Crippen LogP contribution >= 0.6 is 0 Å². The molecule has 0 atom stereocenters. The van der Waals surface area contributed by atoms with E-state index in [2.05, 4.69) is 154 Å². The number of aromatic nitrogens is 6. The Morgan fingerprint density at radius 2 is 0.864 bits per heavy atom. The summed E-state index contributed by atoms with van der Waals surface area (Å²) in [6.45, 7) is 31.0. The minimum atomic E-state index is -5.84. The Bertz CT molecular complexity index is 5150. The van der Waals surface area contributed by atoms with Crippen molar-refractivity contribution in [2.45, 2.75) is 125 Å². The van der Waals surface area contributed by atoms with Crippen LogP contribution in [0.4, 0.5) is 13.2 Å². The standard InChI is InChI=1S/C25H20N2O.C25H19N2O.2C18H24NSi.CHF3O3S.2CH4O.2Ir/c2*1-16(2)18-13-14-26-23(15-18)21-10-6-9-19-20-11-12-22(17-7-4-3-5-8-17)27-25(20)28-24(19)21;2*1-14(2)11-16-12-17(15-9-7-6-8-10-15)19-13-18(16)20(3,4)5;2-1(3,4)8(5,6)7;2*1-2;;/h3-16H,1-2H3;3-9,11-16H,1-2H3;2*6-9,12-14H,11H2,1-5H3;(H,5,6,7);2*2H,1H3;;/q;3*-1;;;;;/i2*16D;;;;;;;. The molecule has 0 aliphatic rings. The summed E-state index contributed by atoms with van der Waals surface area (Å²) in [5.74, 6) is -0.0581. The molecule has 13 nitrogen and oxygen atoms in total. The van der Waals surface area contributed by atoms with Crippen molar-refractivity contribution in [2.75, 3.05) is 14.2 Å². The Balaban J connectivity index is 0.000000224. The van der Waals surface area contributed by atoms with Crippen molar-refractivity contribution in [3.05, 3.63) is 265 Å². The minimum absolute atomic E-state index is 0. The fourth-order valence-corrected chi connectivity index (χ4v) is 15.1. The van der Waals surface area contributed by atoms with E-state index in [-0.39, 0.29) is 40.2 Å². The average molecular weight is 1890 g/mol. The number of benzene rings is 6. The smallest absolute Gasteiger partial charge is 0.486 e. The van der Waals surface area contributed by atoms with E-state index in [1.165, 1.54) is 21.5 Å². The van der Waals surface area contributed by atoms with Crippen molar-refractivity contribution in [3.63, 3.8) is 0 Å². The van der Waals surface area contributed by atoms with E-state index in [1.54, 1.807) is 12.4 Å². The molecule has 110 heavy (non-hydrogen) atoms. The van der Waals surface area contributed by atoms with E-state index in [9.17, 15) is 13.2 Å². The van der Waals surface area contributed by atoms with Gasteiger partial charge in [-0.3, -0.25) is 9.54 Å². The molecule has 21 heteroatoms. The van der Waals surface area contributed by atoms with E-state index in [0.29, 0.717) is 28.8 Å². The normalized spacial score (nSPS) is 11.8. The van der Waals surface area contributed by atoms with Crippen LogP contribution in [0.15, 0.2) is 234 Å². The predicted molar refractivity (Wildman–Crippen MR) is 441 cm³/mol. The number of nitrogens with zero attached hydrogens (tertiary/aromatic N) is 6. The molecule has 580 valence electrons. The first kappa shape index (κ1) is 86.8. The topological polar surface area (TPSA) is 198 Å². The van der Waals surface area contributed by atoms with Crippen molar-refractivity contribution in [1.82, 2.24) is 29.9 Å². The number of para-hydroxylation sites is 1. The number of aliphatic hydroxyl groups excluding tert-OH is 2. The average Bonchev–Trinajstić information content (AvgIpc) is 1.61. The summed E-state index contributed by atoms with van der Waals surface area (Å²) < 4.78 is 86.6. The number of furan rings is 2. The fourth-order valence-electron chi connectivity index (χ4n) is 12.0. The van der Waals surface area contributed by atoms with Crippen molar-refractivity contribution in [2.24, 2.45) is 11.8 Å². The Hall–Kier alpha value is -8.83. The maximum atomic E-state index is 10.7. The zero-order chi connectivity index (χ0) is 80.5. The Morgan fingerprint density at radius 1 is 0.455 bits per heavy atom. The van der Waals surface area contributed by atoms with E-state index in [1.807, 2.05) is 191 Å². The van der Waals surface area contributed by atoms with E-state index in [4.69, 9.17) is 44.7 Å². The zero-order valence-corrected chi connectivity index (χ0v) is 72.4. The Kier molecular flexibility index (Phi) is 32.3. The summed E-state index contributed by atoms with van der Waals surface area (Å²) in [6.07, 6.45) is 9.97. The third-order valence-electron chi connectivity index (χ3n) is 17.1. The van der Waals surface area contributed by atoms with Gasteiger partial charge in [0.05, 0.1) is 38.8 Å². The maximum absolute atomic E-state index is 10.7. The summed E-state index contributed by atoms with van der Waals surface area (Å²) >= 11 is 0. The third kappa shape index (κ3) is 23.9. The van der Waals surface area contributed by atoms with Crippen molar-refractivity contribution >= 4 is 80.8 Å². The molecule has 0 aliphatic carbocycles. The second-order valence-electron chi connectivity index (χ2n) is 28.8. The number of halogens is 3. The quantitative estimate of drug-likeness (QED) is 0.0403. The Labute approximate surface area is 677 Å². The van der Waals surface area contributed by atoms with Gasteiger partial charge in [0.1, 0.15) is 5.58 Å². The summed E-state index contributed by atoms with van der Waals surface area (Å²) in [5.41, 5.74) is 13.3. The largest absolute Gasteiger partial charge is 0.522 e. The van der Waals surface area contributed by atoms with Crippen LogP contribution in [-0.2, 0) is 63.2 Å². The third-order valence-corrected chi connectivity index (χ3v) is 21.8. The number of pyridine rings is 6. The molecule has 0 spiro atoms. The molecule has 2 radical (unpaired) electrons. The van der Waals surface area contributed by atoms with Crippen LogP contribution in [-0.4, -0.2) is 89.0 Å². The van der Waals surface area contributed by atoms with Crippen LogP contribution in [0.2, 0.25) is 39.3 Å². The number of hydrogen-bond donors (Lipinski definition) is 3. The molecule has 0 bridgehead atoms. The summed E-state index contributed by atoms with van der Waals surface area (Å²) in [4.78, 5) is 27.9. The number of alkyl halides is 3. The second-order valence-corrected chi connectivity index (χ2v) is 40.3. The summed E-state index contributed by atoms with van der Waals surface area (Å²) in [7, 11) is -6.52. The first-order valence-electron chi connectivity index (χ1n) is 36.5. The summed E-state index contributed by atoms with van der Waals surface area (Å²) in [5, 5.41) is 20.9. The molecule has 0 unspecified atom stereocenters. The van der Waals surface area contributed by atoms with Gasteiger partial charge in [0, 0.05) is 115 Å². The van der Waals surface area contributed by atoms with Gasteiger partial charge in [-0.1, -0.05) is 213 Å². The van der Waals surface area contributed by atoms with Gasteiger partial charge in [-0.15, -0.1) is 90.0 Å². The van der Waals surface area contributed by atoms with Crippen LogP contribution in [0, 0.1) is 30.0 Å². The van der Waals surface area contributed by atoms with Crippen LogP contribution in [0.3, 0.4) is 0 Å². The molecule has 0 fully saturated rings. The Morgan fingerprint density at radius 3 is 1.26 bits per heavy atom. The van der Waals surface area contributed by atoms with Gasteiger partial charge >= 0.3 is 15.6 Å². The monoisotopic (exact) mass is 1890 g/mol. The molecule has 3 N–H and O–H groups in total. The van der Waals surface area contributed by atoms with Gasteiger partial charge in [0.2, 0.25) is 11.4 Å². The number of fused-ring (bicyclic) bond motifs is 6. The molecule has 0 saturated carbocycles. The first-order valence-corrected chi connectivity index (χ1v) is 43.9. The SMILES string of the molecule is CC(C)Cc1cc(-c2[c-]cccc2)ncc1[Si](C)(C)C.CC(C)Cc1cc(-c2[c-]cccc2)ncc1[Si](C)(C)C.CO.CO.O=S(=O)(O)C(F)(F)F.[2H]C(C)(C)c1ccnc(-c2[c-]ccc3c2oc2nc(-c4ccccc4)ccc23)c1.[2H]C(C)(C)c1ccnc(-c2cccc3c2oc2nc(-c4ccccc4)ccc23)c1.[Ir].[Ir]. The van der Waals surface area contributed by atoms with Gasteiger partial charge in [0.15, 0.2) is 0 Å². The second kappa shape index (κ2) is 40.9. The van der Waals surface area contributed by atoms with Crippen molar-refractivity contribution in [3.8, 4) is 67.5 Å². The van der Waals surface area contributed by atoms with Crippen molar-refractivity contribution < 1.29 is 88.1 Å². The van der Waals surface area contributed by atoms with Crippen LogP contribution in [0.5, 0.6) is 0 Å². The molecule has 0 aliphatic heterocycles. The van der Waals surface area contributed by atoms with Crippen molar-refractivity contribution in [1.29, 1.82) is 0 Å². The number of hydrogen-bond acceptors (Lipinski definition) is 12. The molecular weight excluding hydrogens is 1790 g/mol.